The van der Waals surface area contributed by atoms with Crippen LogP contribution >= 0.6 is 23.5 Å². The first-order chi connectivity index (χ1) is 33.3. The van der Waals surface area contributed by atoms with Gasteiger partial charge < -0.3 is 23.7 Å². The van der Waals surface area contributed by atoms with Crippen molar-refractivity contribution in [3.8, 4) is 0 Å². The largest absolute Gasteiger partial charge is 0.453 e. The van der Waals surface area contributed by atoms with E-state index in [2.05, 4.69) is 0 Å². The van der Waals surface area contributed by atoms with Crippen molar-refractivity contribution in [1.29, 1.82) is 0 Å². The molecule has 7 aromatic rings. The average Bonchev–Trinajstić information content (AvgIpc) is 3.40. The molecule has 7 aromatic carbocycles. The summed E-state index contributed by atoms with van der Waals surface area (Å²) in [6.45, 7) is 3.50. The summed E-state index contributed by atoms with van der Waals surface area (Å²) in [7, 11) is 0. The standard InChI is InChI=1S/C57H52O9S2/c1-3-67-56(68-4-2)51(66-55(61)44-32-18-8-19-33-44)50(65-54(60)43-30-16-7-17-31-43)49(64-53(59)42-28-14-6-15-29-42)48(63-52(58)41-26-12-5-13-27-41)40-62-57(45-34-20-9-21-35-45,46-36-22-10-23-37-46)47-38-24-11-25-39-47/h5-39,48-51,56H,3-4,40H2,1-2H3/t48-,49-,50+,51-/m1/s1. The van der Waals surface area contributed by atoms with E-state index in [-0.39, 0.29) is 22.3 Å². The molecular weight excluding hydrogens is 893 g/mol. The van der Waals surface area contributed by atoms with E-state index < -0.39 is 65.1 Å². The maximum atomic E-state index is 14.7. The van der Waals surface area contributed by atoms with E-state index in [1.54, 1.807) is 121 Å². The van der Waals surface area contributed by atoms with Crippen molar-refractivity contribution in [2.24, 2.45) is 0 Å². The quantitative estimate of drug-likeness (QED) is 0.0280. The van der Waals surface area contributed by atoms with Crippen LogP contribution in [0.3, 0.4) is 0 Å². The summed E-state index contributed by atoms with van der Waals surface area (Å²) >= 11 is 2.95. The lowest BCUT2D eigenvalue weighted by atomic mass is 9.80. The van der Waals surface area contributed by atoms with Crippen LogP contribution in [0.2, 0.25) is 0 Å². The van der Waals surface area contributed by atoms with E-state index in [0.29, 0.717) is 11.5 Å². The Morgan fingerprint density at radius 2 is 0.662 bits per heavy atom. The Morgan fingerprint density at radius 1 is 0.382 bits per heavy atom. The van der Waals surface area contributed by atoms with Crippen molar-refractivity contribution in [2.45, 2.75) is 48.4 Å². The number of esters is 4. The second-order valence-electron chi connectivity index (χ2n) is 15.4. The third-order valence-electron chi connectivity index (χ3n) is 11.0. The predicted molar refractivity (Wildman–Crippen MR) is 268 cm³/mol. The maximum absolute atomic E-state index is 14.7. The normalized spacial score (nSPS) is 13.0. The van der Waals surface area contributed by atoms with Crippen LogP contribution in [0.5, 0.6) is 0 Å². The summed E-state index contributed by atoms with van der Waals surface area (Å²) in [6.07, 6.45) is -6.12. The molecule has 0 amide bonds. The van der Waals surface area contributed by atoms with Gasteiger partial charge in [0.2, 0.25) is 0 Å². The lowest BCUT2D eigenvalue weighted by Gasteiger charge is -2.41. The average molecular weight is 945 g/mol. The van der Waals surface area contributed by atoms with Crippen LogP contribution < -0.4 is 0 Å². The highest BCUT2D eigenvalue weighted by Crippen LogP contribution is 2.42. The lowest BCUT2D eigenvalue weighted by Crippen LogP contribution is -2.56. The Labute approximate surface area is 406 Å². The molecule has 0 bridgehead atoms. The molecule has 0 fully saturated rings. The summed E-state index contributed by atoms with van der Waals surface area (Å²) in [5.41, 5.74) is 1.73. The minimum atomic E-state index is -1.67. The first-order valence-electron chi connectivity index (χ1n) is 22.4. The van der Waals surface area contributed by atoms with Crippen LogP contribution in [-0.2, 0) is 29.3 Å². The topological polar surface area (TPSA) is 114 Å². The molecule has 9 nitrogen and oxygen atoms in total. The first kappa shape index (κ1) is 49.0. The lowest BCUT2D eigenvalue weighted by molar-refractivity contribution is -0.142. The molecule has 0 unspecified atom stereocenters. The minimum Gasteiger partial charge on any atom is -0.453 e. The first-order valence-corrected chi connectivity index (χ1v) is 24.5. The van der Waals surface area contributed by atoms with Crippen molar-refractivity contribution in [1.82, 2.24) is 0 Å². The smallest absolute Gasteiger partial charge is 0.338 e. The van der Waals surface area contributed by atoms with Gasteiger partial charge in [0.25, 0.3) is 0 Å². The highest BCUT2D eigenvalue weighted by Gasteiger charge is 2.49. The molecule has 0 N–H and O–H groups in total. The zero-order chi connectivity index (χ0) is 47.6. The number of rotatable bonds is 22. The van der Waals surface area contributed by atoms with Crippen LogP contribution in [-0.4, -0.2) is 71.0 Å². The Balaban J connectivity index is 1.46. The van der Waals surface area contributed by atoms with Gasteiger partial charge in [-0.25, -0.2) is 19.2 Å². The zero-order valence-electron chi connectivity index (χ0n) is 37.7. The van der Waals surface area contributed by atoms with Gasteiger partial charge in [0.15, 0.2) is 24.4 Å². The number of ether oxygens (including phenoxy) is 5. The van der Waals surface area contributed by atoms with Crippen LogP contribution in [0.15, 0.2) is 212 Å². The molecule has 346 valence electrons. The molecule has 0 aromatic heterocycles. The van der Waals surface area contributed by atoms with E-state index in [1.165, 1.54) is 23.5 Å². The second-order valence-corrected chi connectivity index (χ2v) is 18.5. The van der Waals surface area contributed by atoms with Gasteiger partial charge in [-0.15, -0.1) is 23.5 Å². The van der Waals surface area contributed by atoms with Gasteiger partial charge in [0.05, 0.1) is 33.4 Å². The minimum absolute atomic E-state index is 0.173. The van der Waals surface area contributed by atoms with E-state index in [1.807, 2.05) is 105 Å². The van der Waals surface area contributed by atoms with Gasteiger partial charge in [0.1, 0.15) is 5.60 Å². The molecule has 68 heavy (non-hydrogen) atoms. The summed E-state index contributed by atoms with van der Waals surface area (Å²) in [6, 6.07) is 62.5. The molecule has 0 aliphatic carbocycles. The molecule has 0 saturated carbocycles. The number of benzene rings is 7. The zero-order valence-corrected chi connectivity index (χ0v) is 39.3. The van der Waals surface area contributed by atoms with Gasteiger partial charge in [-0.3, -0.25) is 0 Å². The predicted octanol–water partition coefficient (Wildman–Crippen LogP) is 11.7. The highest BCUT2D eigenvalue weighted by atomic mass is 32.2. The molecule has 0 spiro atoms. The molecule has 0 aliphatic rings. The Kier molecular flexibility index (Phi) is 17.8. The van der Waals surface area contributed by atoms with Gasteiger partial charge in [-0.05, 0) is 76.7 Å². The van der Waals surface area contributed by atoms with E-state index in [9.17, 15) is 19.2 Å². The fraction of sp³-hybridized carbons (Fsp3) is 0.193. The monoisotopic (exact) mass is 944 g/mol. The Morgan fingerprint density at radius 3 is 0.985 bits per heavy atom. The fourth-order valence-electron chi connectivity index (χ4n) is 7.77. The number of carbonyl (C=O) groups excluding carboxylic acids is 4. The molecule has 0 heterocycles. The van der Waals surface area contributed by atoms with Crippen LogP contribution in [0.1, 0.15) is 72.0 Å². The third-order valence-corrected chi connectivity index (χ3v) is 13.7. The summed E-state index contributed by atoms with van der Waals surface area (Å²) in [5.74, 6) is -1.91. The highest BCUT2D eigenvalue weighted by molar-refractivity contribution is 8.17. The second kappa shape index (κ2) is 24.7. The Hall–Kier alpha value is -6.92. The SMILES string of the molecule is CCSC(SCC)[C@H](OC(=O)c1ccccc1)[C@@H](OC(=O)c1ccccc1)[C@H](OC(=O)c1ccccc1)[C@@H](COC(c1ccccc1)(c1ccccc1)c1ccccc1)OC(=O)c1ccccc1. The molecule has 0 saturated heterocycles. The molecule has 7 rings (SSSR count). The number of thioether (sulfide) groups is 2. The molecular formula is C57H52O9S2. The van der Waals surface area contributed by atoms with Crippen LogP contribution in [0.4, 0.5) is 0 Å². The molecule has 4 atom stereocenters. The number of hydrogen-bond acceptors (Lipinski definition) is 11. The van der Waals surface area contributed by atoms with Gasteiger partial charge in [-0.2, -0.15) is 0 Å². The van der Waals surface area contributed by atoms with Gasteiger partial charge >= 0.3 is 23.9 Å². The van der Waals surface area contributed by atoms with Crippen molar-refractivity contribution in [3.63, 3.8) is 0 Å². The molecule has 0 aliphatic heterocycles. The van der Waals surface area contributed by atoms with Crippen molar-refractivity contribution in [2.75, 3.05) is 18.1 Å². The van der Waals surface area contributed by atoms with Crippen molar-refractivity contribution >= 4 is 47.4 Å². The van der Waals surface area contributed by atoms with Crippen molar-refractivity contribution in [3.05, 3.63) is 251 Å². The number of hydrogen-bond donors (Lipinski definition) is 0. The van der Waals surface area contributed by atoms with E-state index in [0.717, 1.165) is 16.7 Å². The summed E-state index contributed by atoms with van der Waals surface area (Å²) < 4.78 is 33.1. The van der Waals surface area contributed by atoms with Gasteiger partial charge in [0, 0.05) is 0 Å². The molecule has 11 heteroatoms. The van der Waals surface area contributed by atoms with E-state index >= 15 is 0 Å². The third kappa shape index (κ3) is 12.3. The van der Waals surface area contributed by atoms with Crippen LogP contribution in [0, 0.1) is 0 Å². The van der Waals surface area contributed by atoms with Crippen LogP contribution in [0.25, 0.3) is 0 Å². The number of carbonyl (C=O) groups is 4. The molecule has 0 radical (unpaired) electrons. The van der Waals surface area contributed by atoms with Crippen molar-refractivity contribution < 1.29 is 42.9 Å². The van der Waals surface area contributed by atoms with E-state index in [4.69, 9.17) is 23.7 Å². The summed E-state index contributed by atoms with van der Waals surface area (Å²) in [4.78, 5) is 58.2. The van der Waals surface area contributed by atoms with Gasteiger partial charge in [-0.1, -0.05) is 178 Å². The maximum Gasteiger partial charge on any atom is 0.338 e. The Bertz CT molecular complexity index is 2540. The summed E-state index contributed by atoms with van der Waals surface area (Å²) in [5, 5.41) is 0. The fourth-order valence-corrected chi connectivity index (χ4v) is 10.4.